The molecule has 0 saturated carbocycles. The molecule has 1 atom stereocenters. The van der Waals surface area contributed by atoms with Gasteiger partial charge in [0, 0.05) is 12.8 Å². The lowest BCUT2D eigenvalue weighted by atomic mass is 10.3. The van der Waals surface area contributed by atoms with E-state index in [0.29, 0.717) is 0 Å². The van der Waals surface area contributed by atoms with Crippen molar-refractivity contribution in [2.45, 2.75) is 6.04 Å². The Balaban J connectivity index is 2.57. The van der Waals surface area contributed by atoms with E-state index in [1.165, 1.54) is 11.9 Å². The minimum Gasteiger partial charge on any atom is -0.319 e. The maximum absolute atomic E-state index is 10.7. The van der Waals surface area contributed by atoms with E-state index >= 15 is 0 Å². The molecule has 0 aliphatic carbocycles. The van der Waals surface area contributed by atoms with Crippen molar-refractivity contribution in [3.05, 3.63) is 0 Å². The Morgan fingerprint density at radius 2 is 2.62 bits per heavy atom. The quantitative estimate of drug-likeness (QED) is 0.449. The standard InChI is InChI=1S/C4H8N2OS/c1-6-4(7)3(5)2-8-6/h3H,2,5H2,1H3/t3-/m0/s1. The van der Waals surface area contributed by atoms with Gasteiger partial charge >= 0.3 is 0 Å². The van der Waals surface area contributed by atoms with E-state index in [1.54, 1.807) is 11.4 Å². The van der Waals surface area contributed by atoms with Crippen LogP contribution in [0.4, 0.5) is 0 Å². The van der Waals surface area contributed by atoms with Gasteiger partial charge in [-0.3, -0.25) is 9.10 Å². The average Bonchev–Trinajstić information content (AvgIpc) is 1.98. The topological polar surface area (TPSA) is 46.3 Å². The highest BCUT2D eigenvalue weighted by atomic mass is 32.2. The molecule has 0 aromatic rings. The largest absolute Gasteiger partial charge is 0.319 e. The Labute approximate surface area is 52.3 Å². The van der Waals surface area contributed by atoms with Gasteiger partial charge in [0.15, 0.2) is 0 Å². The molecule has 1 aliphatic heterocycles. The van der Waals surface area contributed by atoms with E-state index in [0.717, 1.165) is 5.75 Å². The summed E-state index contributed by atoms with van der Waals surface area (Å²) in [4.78, 5) is 10.7. The van der Waals surface area contributed by atoms with Crippen molar-refractivity contribution in [2.24, 2.45) is 5.73 Å². The molecular formula is C4H8N2OS. The number of carbonyl (C=O) groups is 1. The third kappa shape index (κ3) is 0.809. The first-order chi connectivity index (χ1) is 3.72. The highest BCUT2D eigenvalue weighted by molar-refractivity contribution is 7.98. The van der Waals surface area contributed by atoms with Crippen LogP contribution >= 0.6 is 11.9 Å². The fourth-order valence-electron chi connectivity index (χ4n) is 0.561. The molecule has 1 fully saturated rings. The second kappa shape index (κ2) is 1.95. The van der Waals surface area contributed by atoms with Gasteiger partial charge in [0.1, 0.15) is 0 Å². The summed E-state index contributed by atoms with van der Waals surface area (Å²) in [6.07, 6.45) is 0. The molecule has 1 amide bonds. The summed E-state index contributed by atoms with van der Waals surface area (Å²) in [6.45, 7) is 0. The molecular weight excluding hydrogens is 124 g/mol. The monoisotopic (exact) mass is 132 g/mol. The molecule has 0 spiro atoms. The van der Waals surface area contributed by atoms with E-state index in [9.17, 15) is 4.79 Å². The average molecular weight is 132 g/mol. The van der Waals surface area contributed by atoms with Crippen LogP contribution in [0.3, 0.4) is 0 Å². The zero-order chi connectivity index (χ0) is 6.15. The van der Waals surface area contributed by atoms with E-state index in [2.05, 4.69) is 0 Å². The molecule has 1 aliphatic rings. The maximum Gasteiger partial charge on any atom is 0.249 e. The Morgan fingerprint density at radius 3 is 2.75 bits per heavy atom. The normalized spacial score (nSPS) is 29.5. The first kappa shape index (κ1) is 5.91. The summed E-state index contributed by atoms with van der Waals surface area (Å²) in [5.41, 5.74) is 5.36. The number of hydrogen-bond donors (Lipinski definition) is 1. The summed E-state index contributed by atoms with van der Waals surface area (Å²) in [7, 11) is 1.74. The zero-order valence-corrected chi connectivity index (χ0v) is 5.44. The minimum absolute atomic E-state index is 0.0370. The van der Waals surface area contributed by atoms with Crippen molar-refractivity contribution in [1.82, 2.24) is 4.31 Å². The number of nitrogens with zero attached hydrogens (tertiary/aromatic N) is 1. The van der Waals surface area contributed by atoms with E-state index in [4.69, 9.17) is 5.73 Å². The van der Waals surface area contributed by atoms with Crippen LogP contribution in [-0.4, -0.2) is 29.1 Å². The fraction of sp³-hybridized carbons (Fsp3) is 0.750. The first-order valence-corrected chi connectivity index (χ1v) is 3.32. The Morgan fingerprint density at radius 1 is 2.00 bits per heavy atom. The molecule has 1 heterocycles. The summed E-state index contributed by atoms with van der Waals surface area (Å²) < 4.78 is 1.57. The Bertz CT molecular complexity index is 105. The lowest BCUT2D eigenvalue weighted by Crippen LogP contribution is -2.32. The van der Waals surface area contributed by atoms with Crippen LogP contribution in [0.5, 0.6) is 0 Å². The molecule has 0 aromatic carbocycles. The van der Waals surface area contributed by atoms with Crippen LogP contribution in [0.15, 0.2) is 0 Å². The van der Waals surface area contributed by atoms with Gasteiger partial charge in [0.2, 0.25) is 5.91 Å². The molecule has 4 heteroatoms. The van der Waals surface area contributed by atoms with Crippen molar-refractivity contribution >= 4 is 17.9 Å². The zero-order valence-electron chi connectivity index (χ0n) is 4.63. The summed E-state index contributed by atoms with van der Waals surface area (Å²) in [5.74, 6) is 0.769. The Kier molecular flexibility index (Phi) is 1.44. The van der Waals surface area contributed by atoms with Gasteiger partial charge in [0.05, 0.1) is 6.04 Å². The van der Waals surface area contributed by atoms with Crippen molar-refractivity contribution in [3.8, 4) is 0 Å². The predicted molar refractivity (Wildman–Crippen MR) is 33.2 cm³/mol. The van der Waals surface area contributed by atoms with Gasteiger partial charge in [-0.15, -0.1) is 0 Å². The number of rotatable bonds is 0. The number of likely N-dealkylation sites (N-methyl/N-ethyl adjacent to an activating group) is 1. The molecule has 1 saturated heterocycles. The van der Waals surface area contributed by atoms with Crippen molar-refractivity contribution < 1.29 is 4.79 Å². The predicted octanol–water partition coefficient (Wildman–Crippen LogP) is -0.566. The second-order valence-corrected chi connectivity index (χ2v) is 2.88. The van der Waals surface area contributed by atoms with Crippen LogP contribution in [0.1, 0.15) is 0 Å². The summed E-state index contributed by atoms with van der Waals surface area (Å²) in [5, 5.41) is 0. The second-order valence-electron chi connectivity index (χ2n) is 1.74. The van der Waals surface area contributed by atoms with Crippen LogP contribution in [0.2, 0.25) is 0 Å². The van der Waals surface area contributed by atoms with Crippen molar-refractivity contribution in [2.75, 3.05) is 12.8 Å². The van der Waals surface area contributed by atoms with Gasteiger partial charge in [-0.25, -0.2) is 0 Å². The minimum atomic E-state index is -0.259. The van der Waals surface area contributed by atoms with Crippen LogP contribution in [0.25, 0.3) is 0 Å². The first-order valence-electron chi connectivity index (χ1n) is 2.38. The molecule has 0 aromatic heterocycles. The molecule has 46 valence electrons. The number of hydrogen-bond acceptors (Lipinski definition) is 3. The highest BCUT2D eigenvalue weighted by Gasteiger charge is 2.25. The van der Waals surface area contributed by atoms with Gasteiger partial charge in [-0.1, -0.05) is 0 Å². The van der Waals surface area contributed by atoms with E-state index < -0.39 is 0 Å². The third-order valence-electron chi connectivity index (χ3n) is 1.08. The van der Waals surface area contributed by atoms with E-state index in [1.807, 2.05) is 0 Å². The van der Waals surface area contributed by atoms with Crippen LogP contribution in [0, 0.1) is 0 Å². The van der Waals surface area contributed by atoms with Gasteiger partial charge in [-0.05, 0) is 11.9 Å². The molecule has 0 bridgehead atoms. The van der Waals surface area contributed by atoms with Crippen molar-refractivity contribution in [1.29, 1.82) is 0 Å². The molecule has 1 rings (SSSR count). The highest BCUT2D eigenvalue weighted by Crippen LogP contribution is 2.16. The molecule has 0 unspecified atom stereocenters. The van der Waals surface area contributed by atoms with Crippen molar-refractivity contribution in [3.63, 3.8) is 0 Å². The molecule has 0 radical (unpaired) electrons. The number of carbonyl (C=O) groups excluding carboxylic acids is 1. The molecule has 2 N–H and O–H groups in total. The van der Waals surface area contributed by atoms with Gasteiger partial charge < -0.3 is 5.73 Å². The number of amides is 1. The SMILES string of the molecule is CN1SC[C@H](N)C1=O. The lowest BCUT2D eigenvalue weighted by molar-refractivity contribution is -0.125. The van der Waals surface area contributed by atoms with E-state index in [-0.39, 0.29) is 11.9 Å². The Hall–Kier alpha value is -0.220. The fourth-order valence-corrected chi connectivity index (χ4v) is 1.35. The smallest absolute Gasteiger partial charge is 0.249 e. The van der Waals surface area contributed by atoms with Gasteiger partial charge in [0.25, 0.3) is 0 Å². The number of nitrogens with two attached hydrogens (primary N) is 1. The van der Waals surface area contributed by atoms with Crippen LogP contribution < -0.4 is 5.73 Å². The van der Waals surface area contributed by atoms with Crippen LogP contribution in [-0.2, 0) is 4.79 Å². The summed E-state index contributed by atoms with van der Waals surface area (Å²) >= 11 is 1.47. The third-order valence-corrected chi connectivity index (χ3v) is 2.15. The molecule has 8 heavy (non-hydrogen) atoms. The van der Waals surface area contributed by atoms with Gasteiger partial charge in [-0.2, -0.15) is 0 Å². The lowest BCUT2D eigenvalue weighted by Gasteiger charge is -2.03. The maximum atomic E-state index is 10.7. The molecule has 3 nitrogen and oxygen atoms in total. The summed E-state index contributed by atoms with van der Waals surface area (Å²) in [6, 6.07) is -0.259.